The minimum atomic E-state index is -0.228. The van der Waals surface area contributed by atoms with Crippen molar-refractivity contribution in [1.82, 2.24) is 5.32 Å². The van der Waals surface area contributed by atoms with Crippen LogP contribution in [0.3, 0.4) is 0 Å². The Labute approximate surface area is 84.9 Å². The molecule has 2 aliphatic rings. The molecule has 1 unspecified atom stereocenters. The van der Waals surface area contributed by atoms with Crippen molar-refractivity contribution >= 4 is 5.91 Å². The van der Waals surface area contributed by atoms with Gasteiger partial charge in [-0.2, -0.15) is 0 Å². The fourth-order valence-electron chi connectivity index (χ4n) is 2.09. The fraction of sp³-hybridized carbons (Fsp3) is 0.909. The third-order valence-corrected chi connectivity index (χ3v) is 3.45. The first-order chi connectivity index (χ1) is 6.66. The molecule has 2 rings (SSSR count). The van der Waals surface area contributed by atoms with Gasteiger partial charge in [0.1, 0.15) is 0 Å². The molecule has 3 nitrogen and oxygen atoms in total. The summed E-state index contributed by atoms with van der Waals surface area (Å²) >= 11 is 0. The molecule has 0 radical (unpaired) electrons. The van der Waals surface area contributed by atoms with Crippen LogP contribution in [0, 0.1) is 11.8 Å². The molecular weight excluding hydrogens is 178 g/mol. The number of carbonyl (C=O) groups excluding carboxylic acids is 1. The molecule has 0 aromatic heterocycles. The summed E-state index contributed by atoms with van der Waals surface area (Å²) in [6.07, 6.45) is 4.66. The first-order valence-electron chi connectivity index (χ1n) is 5.65. The third-order valence-electron chi connectivity index (χ3n) is 3.45. The zero-order valence-electron chi connectivity index (χ0n) is 8.70. The van der Waals surface area contributed by atoms with Gasteiger partial charge in [-0.15, -0.1) is 0 Å². The summed E-state index contributed by atoms with van der Waals surface area (Å²) in [4.78, 5) is 11.5. The Bertz CT molecular complexity index is 225. The van der Waals surface area contributed by atoms with Crippen LogP contribution in [0.5, 0.6) is 0 Å². The lowest BCUT2D eigenvalue weighted by Crippen LogP contribution is -2.42. The minimum Gasteiger partial charge on any atom is -0.393 e. The van der Waals surface area contributed by atoms with E-state index in [1.54, 1.807) is 0 Å². The summed E-state index contributed by atoms with van der Waals surface area (Å²) in [5.41, 5.74) is 0. The number of aliphatic hydroxyl groups excluding tert-OH is 1. The Morgan fingerprint density at radius 3 is 2.57 bits per heavy atom. The van der Waals surface area contributed by atoms with Gasteiger partial charge in [0, 0.05) is 12.0 Å². The van der Waals surface area contributed by atoms with E-state index in [4.69, 9.17) is 0 Å². The quantitative estimate of drug-likeness (QED) is 0.695. The Hall–Kier alpha value is -0.570. The van der Waals surface area contributed by atoms with Gasteiger partial charge in [0.15, 0.2) is 0 Å². The van der Waals surface area contributed by atoms with Gasteiger partial charge in [-0.05, 0) is 38.0 Å². The zero-order valence-corrected chi connectivity index (χ0v) is 8.70. The summed E-state index contributed by atoms with van der Waals surface area (Å²) in [5.74, 6) is 0.882. The highest BCUT2D eigenvalue weighted by molar-refractivity contribution is 5.81. The van der Waals surface area contributed by atoms with Gasteiger partial charge in [0.25, 0.3) is 0 Å². The maximum absolute atomic E-state index is 11.5. The molecule has 0 saturated heterocycles. The van der Waals surface area contributed by atoms with Crippen molar-refractivity contribution in [3.63, 3.8) is 0 Å². The maximum atomic E-state index is 11.5. The topological polar surface area (TPSA) is 49.3 Å². The Balaban J connectivity index is 1.78. The number of hydrogen-bond acceptors (Lipinski definition) is 2. The van der Waals surface area contributed by atoms with Gasteiger partial charge < -0.3 is 10.4 Å². The number of aliphatic hydroxyl groups is 1. The second kappa shape index (κ2) is 3.89. The number of carbonyl (C=O) groups is 1. The number of hydrogen-bond donors (Lipinski definition) is 2. The Morgan fingerprint density at radius 1 is 1.29 bits per heavy atom. The molecule has 0 aromatic carbocycles. The molecule has 0 aromatic rings. The van der Waals surface area contributed by atoms with E-state index in [1.165, 1.54) is 0 Å². The van der Waals surface area contributed by atoms with E-state index in [2.05, 4.69) is 12.2 Å². The van der Waals surface area contributed by atoms with E-state index in [1.807, 2.05) is 0 Å². The van der Waals surface area contributed by atoms with Gasteiger partial charge in [-0.25, -0.2) is 0 Å². The van der Waals surface area contributed by atoms with Crippen LogP contribution in [0.4, 0.5) is 0 Å². The highest BCUT2D eigenvalue weighted by Crippen LogP contribution is 2.30. The fourth-order valence-corrected chi connectivity index (χ4v) is 2.09. The third kappa shape index (κ3) is 2.27. The normalized spacial score (nSPS) is 38.0. The highest BCUT2D eigenvalue weighted by atomic mass is 16.3. The molecule has 2 aliphatic carbocycles. The van der Waals surface area contributed by atoms with Gasteiger partial charge in [0.2, 0.25) is 5.91 Å². The van der Waals surface area contributed by atoms with E-state index >= 15 is 0 Å². The lowest BCUT2D eigenvalue weighted by molar-refractivity contribution is -0.123. The molecule has 14 heavy (non-hydrogen) atoms. The number of nitrogens with one attached hydrogen (secondary N) is 1. The van der Waals surface area contributed by atoms with Crippen LogP contribution in [0.25, 0.3) is 0 Å². The highest BCUT2D eigenvalue weighted by Gasteiger charge is 2.33. The molecule has 80 valence electrons. The van der Waals surface area contributed by atoms with Gasteiger partial charge in [-0.1, -0.05) is 6.92 Å². The molecular formula is C11H19NO2. The van der Waals surface area contributed by atoms with Crippen LogP contribution < -0.4 is 5.32 Å². The second-order valence-corrected chi connectivity index (χ2v) is 4.84. The van der Waals surface area contributed by atoms with E-state index in [-0.39, 0.29) is 24.0 Å². The summed E-state index contributed by atoms with van der Waals surface area (Å²) in [7, 11) is 0. The first kappa shape index (κ1) is 9.97. The van der Waals surface area contributed by atoms with Gasteiger partial charge >= 0.3 is 0 Å². The molecule has 2 saturated carbocycles. The summed E-state index contributed by atoms with van der Waals surface area (Å²) in [6.45, 7) is 2.07. The van der Waals surface area contributed by atoms with Crippen LogP contribution in [-0.2, 0) is 4.79 Å². The summed E-state index contributed by atoms with van der Waals surface area (Å²) in [6, 6.07) is 0.217. The van der Waals surface area contributed by atoms with Crippen molar-refractivity contribution < 1.29 is 9.90 Å². The predicted octanol–water partition coefficient (Wildman–Crippen LogP) is 1.06. The Morgan fingerprint density at radius 2 is 2.00 bits per heavy atom. The maximum Gasteiger partial charge on any atom is 0.223 e. The summed E-state index contributed by atoms with van der Waals surface area (Å²) < 4.78 is 0. The minimum absolute atomic E-state index is 0.205. The van der Waals surface area contributed by atoms with E-state index in [9.17, 15) is 9.90 Å². The predicted molar refractivity (Wildman–Crippen MR) is 53.7 cm³/mol. The van der Waals surface area contributed by atoms with Crippen LogP contribution in [0.1, 0.15) is 39.0 Å². The van der Waals surface area contributed by atoms with Crippen LogP contribution in [-0.4, -0.2) is 23.2 Å². The second-order valence-electron chi connectivity index (χ2n) is 4.84. The molecule has 0 heterocycles. The molecule has 1 amide bonds. The standard InChI is InChI=1S/C11H19NO2/c1-7-2-5-9(6-10(7)13)12-11(14)8-3-4-8/h7-10,13H,2-6H2,1H3,(H,12,14)/t7?,9-,10-/m0/s1. The van der Waals surface area contributed by atoms with Gasteiger partial charge in [-0.3, -0.25) is 4.79 Å². The van der Waals surface area contributed by atoms with Crippen LogP contribution in [0.2, 0.25) is 0 Å². The molecule has 2 N–H and O–H groups in total. The zero-order chi connectivity index (χ0) is 10.1. The van der Waals surface area contributed by atoms with Crippen molar-refractivity contribution in [3.05, 3.63) is 0 Å². The molecule has 3 heteroatoms. The van der Waals surface area contributed by atoms with Crippen LogP contribution >= 0.6 is 0 Å². The van der Waals surface area contributed by atoms with E-state index in [0.29, 0.717) is 5.92 Å². The molecule has 3 atom stereocenters. The summed E-state index contributed by atoms with van der Waals surface area (Å²) in [5, 5.41) is 12.7. The van der Waals surface area contributed by atoms with Crippen molar-refractivity contribution in [2.24, 2.45) is 11.8 Å². The number of amides is 1. The van der Waals surface area contributed by atoms with Crippen LogP contribution in [0.15, 0.2) is 0 Å². The SMILES string of the molecule is CC1CC[C@H](NC(=O)C2CC2)C[C@@H]1O. The average molecular weight is 197 g/mol. The van der Waals surface area contributed by atoms with Crippen molar-refractivity contribution in [3.8, 4) is 0 Å². The first-order valence-corrected chi connectivity index (χ1v) is 5.65. The lowest BCUT2D eigenvalue weighted by atomic mass is 9.85. The Kier molecular flexibility index (Phi) is 2.77. The molecule has 0 bridgehead atoms. The molecule has 0 aliphatic heterocycles. The lowest BCUT2D eigenvalue weighted by Gasteiger charge is -2.31. The van der Waals surface area contributed by atoms with E-state index < -0.39 is 0 Å². The monoisotopic (exact) mass is 197 g/mol. The van der Waals surface area contributed by atoms with Crippen molar-refractivity contribution in [1.29, 1.82) is 0 Å². The van der Waals surface area contributed by atoms with Gasteiger partial charge in [0.05, 0.1) is 6.10 Å². The largest absolute Gasteiger partial charge is 0.393 e. The molecule has 0 spiro atoms. The van der Waals surface area contributed by atoms with Crippen molar-refractivity contribution in [2.45, 2.75) is 51.2 Å². The molecule has 2 fully saturated rings. The van der Waals surface area contributed by atoms with Crippen molar-refractivity contribution in [2.75, 3.05) is 0 Å². The van der Waals surface area contributed by atoms with E-state index in [0.717, 1.165) is 32.1 Å². The average Bonchev–Trinajstić information content (AvgIpc) is 2.94. The smallest absolute Gasteiger partial charge is 0.223 e. The number of rotatable bonds is 2.